The highest BCUT2D eigenvalue weighted by molar-refractivity contribution is 5.89. The van der Waals surface area contributed by atoms with Crippen molar-refractivity contribution in [2.75, 3.05) is 20.1 Å². The van der Waals surface area contributed by atoms with Crippen LogP contribution in [0.2, 0.25) is 0 Å². The highest BCUT2D eigenvalue weighted by Gasteiger charge is 2.43. The molecule has 0 radical (unpaired) electrons. The summed E-state index contributed by atoms with van der Waals surface area (Å²) >= 11 is 0. The van der Waals surface area contributed by atoms with Crippen LogP contribution in [0.25, 0.3) is 0 Å². The van der Waals surface area contributed by atoms with Crippen molar-refractivity contribution >= 4 is 11.9 Å². The van der Waals surface area contributed by atoms with Gasteiger partial charge in [0.25, 0.3) is 5.91 Å². The number of carbonyl (C=O) groups is 1. The van der Waals surface area contributed by atoms with Crippen LogP contribution < -0.4 is 11.1 Å². The van der Waals surface area contributed by atoms with Crippen LogP contribution in [0.4, 0.5) is 0 Å². The number of hydrogen-bond donors (Lipinski definition) is 2. The lowest BCUT2D eigenvalue weighted by molar-refractivity contribution is 0.0972. The van der Waals surface area contributed by atoms with E-state index in [0.717, 1.165) is 19.0 Å². The fourth-order valence-corrected chi connectivity index (χ4v) is 3.30. The predicted octanol–water partition coefficient (Wildman–Crippen LogP) is 1.33. The molecule has 2 aliphatic rings. The topological polar surface area (TPSA) is 83.9 Å². The van der Waals surface area contributed by atoms with E-state index in [4.69, 9.17) is 10.2 Å². The molecule has 1 aliphatic heterocycles. The molecular weight excluding hydrogens is 268 g/mol. The van der Waals surface area contributed by atoms with Crippen molar-refractivity contribution in [3.05, 3.63) is 23.7 Å². The summed E-state index contributed by atoms with van der Waals surface area (Å²) in [5, 5.41) is 3.30. The Labute approximate surface area is 124 Å². The summed E-state index contributed by atoms with van der Waals surface area (Å²) in [6.07, 6.45) is 5.32. The molecule has 0 unspecified atom stereocenters. The predicted molar refractivity (Wildman–Crippen MR) is 79.9 cm³/mol. The third kappa shape index (κ3) is 2.75. The zero-order valence-electron chi connectivity index (χ0n) is 12.4. The second-order valence-corrected chi connectivity index (χ2v) is 6.06. The standard InChI is InChI=1S/C15H22N4O2/c1-17-14(19-8-7-15(10-19)5-2-6-15)18-9-11-3-4-12(21-11)13(16)20/h3-4H,2,5-10H2,1H3,(H2,16,20)(H,17,18). The van der Waals surface area contributed by atoms with Gasteiger partial charge < -0.3 is 20.4 Å². The Morgan fingerprint density at radius 2 is 2.29 bits per heavy atom. The maximum atomic E-state index is 11.0. The van der Waals surface area contributed by atoms with Crippen LogP contribution in [0.3, 0.4) is 0 Å². The Kier molecular flexibility index (Phi) is 3.61. The Hall–Kier alpha value is -1.98. The largest absolute Gasteiger partial charge is 0.454 e. The lowest BCUT2D eigenvalue weighted by Crippen LogP contribution is -2.42. The van der Waals surface area contributed by atoms with E-state index in [2.05, 4.69) is 15.2 Å². The summed E-state index contributed by atoms with van der Waals surface area (Å²) in [5.41, 5.74) is 5.72. The van der Waals surface area contributed by atoms with Crippen LogP contribution in [0.1, 0.15) is 42.0 Å². The van der Waals surface area contributed by atoms with Crippen LogP contribution in [0.15, 0.2) is 21.5 Å². The van der Waals surface area contributed by atoms with Crippen molar-refractivity contribution in [1.82, 2.24) is 10.2 Å². The monoisotopic (exact) mass is 290 g/mol. The molecule has 1 aliphatic carbocycles. The van der Waals surface area contributed by atoms with E-state index in [0.29, 0.717) is 17.7 Å². The van der Waals surface area contributed by atoms with Crippen LogP contribution in [-0.4, -0.2) is 36.9 Å². The van der Waals surface area contributed by atoms with Gasteiger partial charge in [0.15, 0.2) is 11.7 Å². The minimum atomic E-state index is -0.544. The maximum absolute atomic E-state index is 11.0. The minimum Gasteiger partial charge on any atom is -0.454 e. The van der Waals surface area contributed by atoms with E-state index in [1.54, 1.807) is 19.2 Å². The number of carbonyl (C=O) groups excluding carboxylic acids is 1. The smallest absolute Gasteiger partial charge is 0.284 e. The average Bonchev–Trinajstić information content (AvgIpc) is 3.05. The first-order valence-corrected chi connectivity index (χ1v) is 7.46. The lowest BCUT2D eigenvalue weighted by Gasteiger charge is -2.38. The van der Waals surface area contributed by atoms with E-state index in [1.807, 2.05) is 0 Å². The molecule has 2 fully saturated rings. The molecule has 21 heavy (non-hydrogen) atoms. The molecular formula is C15H22N4O2. The van der Waals surface area contributed by atoms with E-state index in [1.165, 1.54) is 25.7 Å². The zero-order chi connectivity index (χ0) is 14.9. The number of guanidine groups is 1. The SMILES string of the molecule is CN=C(NCc1ccc(C(N)=O)o1)N1CCC2(CCC2)C1. The molecule has 1 spiro atoms. The van der Waals surface area contributed by atoms with Crippen LogP contribution >= 0.6 is 0 Å². The molecule has 3 rings (SSSR count). The number of furan rings is 1. The Morgan fingerprint density at radius 1 is 1.48 bits per heavy atom. The molecule has 0 bridgehead atoms. The van der Waals surface area contributed by atoms with Gasteiger partial charge in [-0.1, -0.05) is 6.42 Å². The molecule has 0 atom stereocenters. The highest BCUT2D eigenvalue weighted by atomic mass is 16.3. The quantitative estimate of drug-likeness (QED) is 0.650. The lowest BCUT2D eigenvalue weighted by atomic mass is 9.68. The number of likely N-dealkylation sites (tertiary alicyclic amines) is 1. The number of nitrogens with one attached hydrogen (secondary N) is 1. The molecule has 6 nitrogen and oxygen atoms in total. The summed E-state index contributed by atoms with van der Waals surface area (Å²) in [6.45, 7) is 2.66. The minimum absolute atomic E-state index is 0.191. The van der Waals surface area contributed by atoms with Gasteiger partial charge in [0.2, 0.25) is 0 Å². The van der Waals surface area contributed by atoms with Gasteiger partial charge >= 0.3 is 0 Å². The summed E-state index contributed by atoms with van der Waals surface area (Å²) in [5.74, 6) is 1.23. The summed E-state index contributed by atoms with van der Waals surface area (Å²) < 4.78 is 5.37. The van der Waals surface area contributed by atoms with Gasteiger partial charge in [-0.15, -0.1) is 0 Å². The number of amides is 1. The summed E-state index contributed by atoms with van der Waals surface area (Å²) in [4.78, 5) is 17.7. The molecule has 1 saturated carbocycles. The van der Waals surface area contributed by atoms with Crippen LogP contribution in [-0.2, 0) is 6.54 Å². The molecule has 1 amide bonds. The van der Waals surface area contributed by atoms with Crippen molar-refractivity contribution in [3.63, 3.8) is 0 Å². The summed E-state index contributed by atoms with van der Waals surface area (Å²) in [6, 6.07) is 3.36. The van der Waals surface area contributed by atoms with Crippen molar-refractivity contribution in [3.8, 4) is 0 Å². The van der Waals surface area contributed by atoms with E-state index < -0.39 is 5.91 Å². The van der Waals surface area contributed by atoms with Gasteiger partial charge in [-0.25, -0.2) is 0 Å². The number of nitrogens with zero attached hydrogens (tertiary/aromatic N) is 2. The van der Waals surface area contributed by atoms with Crippen molar-refractivity contribution in [2.45, 2.75) is 32.2 Å². The van der Waals surface area contributed by atoms with E-state index in [9.17, 15) is 4.79 Å². The molecule has 1 aromatic rings. The first kappa shape index (κ1) is 14.0. The molecule has 1 aromatic heterocycles. The van der Waals surface area contributed by atoms with Gasteiger partial charge in [0.1, 0.15) is 5.76 Å². The summed E-state index contributed by atoms with van der Waals surface area (Å²) in [7, 11) is 1.80. The fourth-order valence-electron chi connectivity index (χ4n) is 3.30. The van der Waals surface area contributed by atoms with Crippen LogP contribution in [0.5, 0.6) is 0 Å². The van der Waals surface area contributed by atoms with Gasteiger partial charge in [0, 0.05) is 20.1 Å². The Bertz CT molecular complexity index is 560. The third-order valence-corrected chi connectivity index (χ3v) is 4.69. The fraction of sp³-hybridized carbons (Fsp3) is 0.600. The molecule has 0 aromatic carbocycles. The number of rotatable bonds is 3. The number of aliphatic imine (C=N–C) groups is 1. The Balaban J connectivity index is 1.56. The van der Waals surface area contributed by atoms with Gasteiger partial charge in [0.05, 0.1) is 6.54 Å². The highest BCUT2D eigenvalue weighted by Crippen LogP contribution is 2.47. The Morgan fingerprint density at radius 3 is 2.81 bits per heavy atom. The number of hydrogen-bond acceptors (Lipinski definition) is 3. The van der Waals surface area contributed by atoms with Crippen LogP contribution in [0, 0.1) is 5.41 Å². The van der Waals surface area contributed by atoms with Gasteiger partial charge in [-0.05, 0) is 36.8 Å². The maximum Gasteiger partial charge on any atom is 0.284 e. The first-order chi connectivity index (χ1) is 10.1. The second kappa shape index (κ2) is 5.42. The number of nitrogens with two attached hydrogens (primary N) is 1. The first-order valence-electron chi connectivity index (χ1n) is 7.46. The second-order valence-electron chi connectivity index (χ2n) is 6.06. The van der Waals surface area contributed by atoms with Crippen molar-refractivity contribution in [2.24, 2.45) is 16.1 Å². The molecule has 114 valence electrons. The van der Waals surface area contributed by atoms with Gasteiger partial charge in [-0.3, -0.25) is 9.79 Å². The van der Waals surface area contributed by atoms with Gasteiger partial charge in [-0.2, -0.15) is 0 Å². The van der Waals surface area contributed by atoms with Crippen molar-refractivity contribution < 1.29 is 9.21 Å². The van der Waals surface area contributed by atoms with Crippen molar-refractivity contribution in [1.29, 1.82) is 0 Å². The molecule has 3 N–H and O–H groups in total. The molecule has 1 saturated heterocycles. The number of primary amides is 1. The zero-order valence-corrected chi connectivity index (χ0v) is 12.4. The van der Waals surface area contributed by atoms with E-state index in [-0.39, 0.29) is 5.76 Å². The van der Waals surface area contributed by atoms with E-state index >= 15 is 0 Å². The third-order valence-electron chi connectivity index (χ3n) is 4.69. The molecule has 6 heteroatoms. The average molecular weight is 290 g/mol. The molecule has 2 heterocycles. The normalized spacial score (nSPS) is 20.6.